The Bertz CT molecular complexity index is 474. The van der Waals surface area contributed by atoms with Gasteiger partial charge in [0.15, 0.2) is 10.4 Å². The van der Waals surface area contributed by atoms with Crippen molar-refractivity contribution in [3.63, 3.8) is 0 Å². The summed E-state index contributed by atoms with van der Waals surface area (Å²) in [6.45, 7) is 2.00. The Kier molecular flexibility index (Phi) is 3.67. The molecule has 2 aliphatic rings. The van der Waals surface area contributed by atoms with Crippen molar-refractivity contribution in [2.75, 3.05) is 20.1 Å². The molecule has 2 atom stereocenters. The third kappa shape index (κ3) is 2.46. The second-order valence-corrected chi connectivity index (χ2v) is 6.28. The zero-order chi connectivity index (χ0) is 13.4. The van der Waals surface area contributed by atoms with E-state index in [0.29, 0.717) is 22.5 Å². The zero-order valence-corrected chi connectivity index (χ0v) is 12.7. The van der Waals surface area contributed by atoms with Crippen molar-refractivity contribution in [3.8, 4) is 0 Å². The molecule has 2 saturated heterocycles. The van der Waals surface area contributed by atoms with E-state index in [2.05, 4.69) is 27.9 Å². The lowest BCUT2D eigenvalue weighted by Gasteiger charge is -2.32. The third-order valence-electron chi connectivity index (χ3n) is 4.37. The van der Waals surface area contributed by atoms with Crippen molar-refractivity contribution < 1.29 is 9.21 Å². The predicted molar refractivity (Wildman–Crippen MR) is 76.1 cm³/mol. The fourth-order valence-corrected chi connectivity index (χ4v) is 3.74. The number of furan rings is 1. The van der Waals surface area contributed by atoms with Crippen LogP contribution in [0.4, 0.5) is 0 Å². The van der Waals surface area contributed by atoms with Gasteiger partial charge in [0.25, 0.3) is 5.91 Å². The number of hydrogen-bond donors (Lipinski definition) is 0. The third-order valence-corrected chi connectivity index (χ3v) is 4.79. The number of nitrogens with zero attached hydrogens (tertiary/aromatic N) is 2. The number of likely N-dealkylation sites (N-methyl/N-ethyl adjacent to an activating group) is 1. The minimum atomic E-state index is 0.0356. The van der Waals surface area contributed by atoms with Gasteiger partial charge in [0.1, 0.15) is 0 Å². The summed E-state index contributed by atoms with van der Waals surface area (Å²) in [5, 5.41) is 0. The number of carbonyl (C=O) groups excluding carboxylic acids is 1. The molecule has 0 aromatic carbocycles. The van der Waals surface area contributed by atoms with E-state index in [-0.39, 0.29) is 5.91 Å². The molecular formula is C14H19BrN2O2. The molecule has 0 spiro atoms. The lowest BCUT2D eigenvalue weighted by Crippen LogP contribution is -2.47. The average Bonchev–Trinajstić information content (AvgIpc) is 3.07. The highest BCUT2D eigenvalue weighted by Crippen LogP contribution is 2.30. The van der Waals surface area contributed by atoms with Gasteiger partial charge in [-0.1, -0.05) is 0 Å². The van der Waals surface area contributed by atoms with Crippen LogP contribution in [0, 0.1) is 0 Å². The predicted octanol–water partition coefficient (Wildman–Crippen LogP) is 2.74. The molecule has 1 aromatic heterocycles. The second kappa shape index (κ2) is 5.29. The second-order valence-electron chi connectivity index (χ2n) is 5.50. The molecule has 5 heteroatoms. The molecule has 3 rings (SSSR count). The van der Waals surface area contributed by atoms with Gasteiger partial charge in [0.05, 0.1) is 0 Å². The molecular weight excluding hydrogens is 308 g/mol. The van der Waals surface area contributed by atoms with Crippen LogP contribution in [0.25, 0.3) is 0 Å². The highest BCUT2D eigenvalue weighted by molar-refractivity contribution is 9.10. The van der Waals surface area contributed by atoms with Gasteiger partial charge in [0.2, 0.25) is 0 Å². The number of hydrogen-bond acceptors (Lipinski definition) is 3. The quantitative estimate of drug-likeness (QED) is 0.838. The molecule has 4 nitrogen and oxygen atoms in total. The minimum Gasteiger partial charge on any atom is -0.444 e. The molecule has 19 heavy (non-hydrogen) atoms. The Morgan fingerprint density at radius 3 is 2.63 bits per heavy atom. The molecule has 1 aromatic rings. The smallest absolute Gasteiger partial charge is 0.289 e. The molecule has 104 valence electrons. The molecule has 0 saturated carbocycles. The highest BCUT2D eigenvalue weighted by Gasteiger charge is 2.39. The van der Waals surface area contributed by atoms with Gasteiger partial charge < -0.3 is 14.2 Å². The maximum atomic E-state index is 12.5. The van der Waals surface area contributed by atoms with Crippen molar-refractivity contribution in [3.05, 3.63) is 22.6 Å². The average molecular weight is 327 g/mol. The lowest BCUT2D eigenvalue weighted by atomic mass is 10.0. The molecule has 0 bridgehead atoms. The summed E-state index contributed by atoms with van der Waals surface area (Å²) in [5.74, 6) is 0.480. The Labute approximate surface area is 121 Å². The van der Waals surface area contributed by atoms with Crippen molar-refractivity contribution >= 4 is 21.8 Å². The molecule has 0 N–H and O–H groups in total. The summed E-state index contributed by atoms with van der Waals surface area (Å²) in [5.41, 5.74) is 0. The first kappa shape index (κ1) is 13.2. The standard InChI is InChI=1S/C14H19BrN2O2/c1-16-8-2-4-10(16)11-5-3-9-17(11)14(18)12-6-7-13(15)19-12/h6-7,10-11H,2-5,8-9H2,1H3/t10-,11-/m1/s1. The Balaban J connectivity index is 1.77. The van der Waals surface area contributed by atoms with E-state index in [9.17, 15) is 4.79 Å². The zero-order valence-electron chi connectivity index (χ0n) is 11.1. The van der Waals surface area contributed by atoms with Gasteiger partial charge in [-0.15, -0.1) is 0 Å². The van der Waals surface area contributed by atoms with Gasteiger partial charge in [0, 0.05) is 18.6 Å². The van der Waals surface area contributed by atoms with Crippen LogP contribution < -0.4 is 0 Å². The van der Waals surface area contributed by atoms with Crippen LogP contribution in [-0.2, 0) is 0 Å². The van der Waals surface area contributed by atoms with Gasteiger partial charge in [-0.25, -0.2) is 0 Å². The monoisotopic (exact) mass is 326 g/mol. The number of halogens is 1. The molecule has 0 radical (unpaired) electrons. The Hall–Kier alpha value is -0.810. The van der Waals surface area contributed by atoms with Gasteiger partial charge in [-0.05, 0) is 67.3 Å². The van der Waals surface area contributed by atoms with Crippen LogP contribution in [0.15, 0.2) is 21.2 Å². The summed E-state index contributed by atoms with van der Waals surface area (Å²) >= 11 is 3.25. The Morgan fingerprint density at radius 2 is 2.00 bits per heavy atom. The van der Waals surface area contributed by atoms with Gasteiger partial charge >= 0.3 is 0 Å². The molecule has 1 amide bonds. The van der Waals surface area contributed by atoms with Crippen molar-refractivity contribution in [2.45, 2.75) is 37.8 Å². The number of carbonyl (C=O) groups is 1. The van der Waals surface area contributed by atoms with E-state index in [1.807, 2.05) is 4.90 Å². The van der Waals surface area contributed by atoms with Crippen molar-refractivity contribution in [1.82, 2.24) is 9.80 Å². The SMILES string of the molecule is CN1CCC[C@@H]1[C@H]1CCCN1C(=O)c1ccc(Br)o1. The summed E-state index contributed by atoms with van der Waals surface area (Å²) in [6.07, 6.45) is 4.66. The van der Waals surface area contributed by atoms with E-state index in [1.165, 1.54) is 12.8 Å². The fraction of sp³-hybridized carbons (Fsp3) is 0.643. The van der Waals surface area contributed by atoms with Crippen LogP contribution in [0.1, 0.15) is 36.2 Å². The van der Waals surface area contributed by atoms with Crippen LogP contribution in [0.3, 0.4) is 0 Å². The van der Waals surface area contributed by atoms with Gasteiger partial charge in [-0.3, -0.25) is 4.79 Å². The van der Waals surface area contributed by atoms with E-state index in [4.69, 9.17) is 4.42 Å². The summed E-state index contributed by atoms with van der Waals surface area (Å²) in [4.78, 5) is 16.9. The minimum absolute atomic E-state index is 0.0356. The first-order valence-electron chi connectivity index (χ1n) is 6.93. The molecule has 2 fully saturated rings. The van der Waals surface area contributed by atoms with Crippen LogP contribution >= 0.6 is 15.9 Å². The summed E-state index contributed by atoms with van der Waals surface area (Å²) < 4.78 is 6.02. The maximum absolute atomic E-state index is 12.5. The molecule has 0 unspecified atom stereocenters. The van der Waals surface area contributed by atoms with Crippen LogP contribution in [0.5, 0.6) is 0 Å². The highest BCUT2D eigenvalue weighted by atomic mass is 79.9. The van der Waals surface area contributed by atoms with E-state index < -0.39 is 0 Å². The van der Waals surface area contributed by atoms with Crippen LogP contribution in [-0.4, -0.2) is 47.9 Å². The van der Waals surface area contributed by atoms with E-state index in [1.54, 1.807) is 12.1 Å². The number of rotatable bonds is 2. The maximum Gasteiger partial charge on any atom is 0.289 e. The molecule has 0 aliphatic carbocycles. The fourth-order valence-electron chi connectivity index (χ4n) is 3.44. The van der Waals surface area contributed by atoms with Gasteiger partial charge in [-0.2, -0.15) is 0 Å². The lowest BCUT2D eigenvalue weighted by molar-refractivity contribution is 0.0631. The van der Waals surface area contributed by atoms with Crippen molar-refractivity contribution in [2.24, 2.45) is 0 Å². The number of likely N-dealkylation sites (tertiary alicyclic amines) is 2. The molecule has 3 heterocycles. The normalized spacial score (nSPS) is 28.2. The van der Waals surface area contributed by atoms with E-state index in [0.717, 1.165) is 25.9 Å². The first-order chi connectivity index (χ1) is 9.16. The van der Waals surface area contributed by atoms with E-state index >= 15 is 0 Å². The largest absolute Gasteiger partial charge is 0.444 e. The topological polar surface area (TPSA) is 36.7 Å². The first-order valence-corrected chi connectivity index (χ1v) is 7.72. The molecule has 2 aliphatic heterocycles. The number of amides is 1. The Morgan fingerprint density at radius 1 is 1.26 bits per heavy atom. The summed E-state index contributed by atoms with van der Waals surface area (Å²) in [7, 11) is 2.17. The summed E-state index contributed by atoms with van der Waals surface area (Å²) in [6, 6.07) is 4.40. The van der Waals surface area contributed by atoms with Crippen LogP contribution in [0.2, 0.25) is 0 Å². The van der Waals surface area contributed by atoms with Crippen molar-refractivity contribution in [1.29, 1.82) is 0 Å².